The van der Waals surface area contributed by atoms with Crippen LogP contribution in [0.5, 0.6) is 5.75 Å². The number of phenolic OH excluding ortho intramolecular Hbond substituents is 1. The molecule has 0 heterocycles. The number of hydrogen-bond donors (Lipinski definition) is 2. The van der Waals surface area contributed by atoms with Gasteiger partial charge in [0, 0.05) is 12.1 Å². The quantitative estimate of drug-likeness (QED) is 0.0857. The number of carbonyl (C=O) groups is 2. The topological polar surface area (TPSA) is 89.6 Å². The van der Waals surface area contributed by atoms with Gasteiger partial charge in [-0.25, -0.2) is 4.79 Å². The molecule has 0 aromatic heterocycles. The smallest absolute Gasteiger partial charge is 0.349 e. The lowest BCUT2D eigenvalue weighted by Crippen LogP contribution is -2.12. The molecule has 0 unspecified atom stereocenters. The summed E-state index contributed by atoms with van der Waals surface area (Å²) in [6.45, 7) is 2.13. The van der Waals surface area contributed by atoms with Crippen LogP contribution in [0.2, 0.25) is 0 Å². The monoisotopic (exact) mass is 437 g/mol. The summed E-state index contributed by atoms with van der Waals surface area (Å²) in [5.74, 6) is -1.78. The van der Waals surface area contributed by atoms with Gasteiger partial charge in [-0.3, -0.25) is 4.79 Å². The molecule has 1 aromatic rings. The van der Waals surface area contributed by atoms with E-state index in [1.54, 1.807) is 0 Å². The summed E-state index contributed by atoms with van der Waals surface area (Å²) < 4.78 is 4.76. The van der Waals surface area contributed by atoms with Crippen LogP contribution >= 0.6 is 0 Å². The van der Waals surface area contributed by atoms with Crippen LogP contribution in [-0.4, -0.2) is 17.0 Å². The number of rotatable bonds is 14. The van der Waals surface area contributed by atoms with Crippen LogP contribution in [0, 0.1) is 0 Å². The number of nitrogens with two attached hydrogens (primary N) is 1. The van der Waals surface area contributed by atoms with Crippen LogP contribution in [0.25, 0.3) is 0 Å². The number of hydrogen-bond acceptors (Lipinski definition) is 5. The van der Waals surface area contributed by atoms with E-state index < -0.39 is 11.9 Å². The van der Waals surface area contributed by atoms with Crippen molar-refractivity contribution in [2.24, 2.45) is 0 Å². The summed E-state index contributed by atoms with van der Waals surface area (Å²) in [5.41, 5.74) is 5.77. The number of unbranched alkanes of at least 4 members (excludes halogenated alkanes) is 1. The lowest BCUT2D eigenvalue weighted by molar-refractivity contribution is -0.138. The first-order chi connectivity index (χ1) is 15.5. The van der Waals surface area contributed by atoms with Gasteiger partial charge in [0.15, 0.2) is 0 Å². The molecule has 5 heteroatoms. The van der Waals surface area contributed by atoms with Crippen LogP contribution in [0.1, 0.15) is 68.6 Å². The molecule has 0 aliphatic rings. The molecule has 3 N–H and O–H groups in total. The maximum atomic E-state index is 11.9. The molecule has 0 saturated heterocycles. The van der Waals surface area contributed by atoms with Gasteiger partial charge in [0.25, 0.3) is 0 Å². The highest BCUT2D eigenvalue weighted by atomic mass is 16.6. The molecular formula is C27H35NO4. The Hall–Kier alpha value is -3.34. The second kappa shape index (κ2) is 17.4. The standard InChI is InChI=1S/C27H35NO4/c1-2-3-4-5-6-7-8-9-10-11-12-13-14-15-16-17-18-19-26(30)32-27(31)24-22-23(28)20-21-25(24)29/h3-4,6-7,9-10,12-13,15-16,20-22,29H,2,5,8,11,14,17-19,28H2,1H3/b4-3-,7-6-,10-9-,13-12-,16-15-. The van der Waals surface area contributed by atoms with Gasteiger partial charge in [0.1, 0.15) is 11.3 Å². The van der Waals surface area contributed by atoms with E-state index >= 15 is 0 Å². The normalized spacial score (nSPS) is 12.2. The predicted octanol–water partition coefficient (Wildman–Crippen LogP) is 6.58. The van der Waals surface area contributed by atoms with E-state index in [1.165, 1.54) is 18.2 Å². The van der Waals surface area contributed by atoms with Gasteiger partial charge in [-0.15, -0.1) is 0 Å². The average Bonchev–Trinajstić information content (AvgIpc) is 2.77. The fraction of sp³-hybridized carbons (Fsp3) is 0.333. The minimum absolute atomic E-state index is 0.115. The minimum atomic E-state index is -0.894. The molecular weight excluding hydrogens is 402 g/mol. The highest BCUT2D eigenvalue weighted by Crippen LogP contribution is 2.20. The third-order valence-corrected chi connectivity index (χ3v) is 4.36. The third-order valence-electron chi connectivity index (χ3n) is 4.36. The van der Waals surface area contributed by atoms with Crippen LogP contribution in [0.15, 0.2) is 79.0 Å². The molecule has 0 aliphatic heterocycles. The number of benzene rings is 1. The Labute approximate surface area is 191 Å². The first-order valence-electron chi connectivity index (χ1n) is 11.1. The van der Waals surface area contributed by atoms with Crippen LogP contribution in [0.4, 0.5) is 5.69 Å². The molecule has 0 spiro atoms. The van der Waals surface area contributed by atoms with E-state index in [4.69, 9.17) is 10.5 Å². The minimum Gasteiger partial charge on any atom is -0.507 e. The molecule has 0 atom stereocenters. The average molecular weight is 438 g/mol. The van der Waals surface area contributed by atoms with Gasteiger partial charge in [-0.2, -0.15) is 0 Å². The summed E-state index contributed by atoms with van der Waals surface area (Å²) >= 11 is 0. The highest BCUT2D eigenvalue weighted by Gasteiger charge is 2.16. The number of anilines is 1. The predicted molar refractivity (Wildman–Crippen MR) is 131 cm³/mol. The Kier molecular flexibility index (Phi) is 14.5. The molecule has 0 bridgehead atoms. The molecule has 5 nitrogen and oxygen atoms in total. The third kappa shape index (κ3) is 13.1. The summed E-state index contributed by atoms with van der Waals surface area (Å²) in [6.07, 6.45) is 27.6. The summed E-state index contributed by atoms with van der Waals surface area (Å²) in [7, 11) is 0. The molecule has 32 heavy (non-hydrogen) atoms. The van der Waals surface area contributed by atoms with Crippen molar-refractivity contribution in [2.75, 3.05) is 5.73 Å². The van der Waals surface area contributed by atoms with Crippen molar-refractivity contribution in [2.45, 2.75) is 58.3 Å². The van der Waals surface area contributed by atoms with Crippen molar-refractivity contribution in [3.8, 4) is 5.75 Å². The molecule has 0 fully saturated rings. The second-order valence-corrected chi connectivity index (χ2v) is 7.14. The maximum absolute atomic E-state index is 11.9. The van der Waals surface area contributed by atoms with Gasteiger partial charge in [0.05, 0.1) is 0 Å². The molecule has 0 radical (unpaired) electrons. The van der Waals surface area contributed by atoms with E-state index in [0.29, 0.717) is 12.1 Å². The van der Waals surface area contributed by atoms with E-state index in [9.17, 15) is 14.7 Å². The number of nitrogen functional groups attached to an aromatic ring is 1. The van der Waals surface area contributed by atoms with Crippen molar-refractivity contribution in [3.63, 3.8) is 0 Å². The maximum Gasteiger partial charge on any atom is 0.349 e. The molecule has 0 aliphatic carbocycles. The van der Waals surface area contributed by atoms with Crippen molar-refractivity contribution in [3.05, 3.63) is 84.5 Å². The van der Waals surface area contributed by atoms with Crippen molar-refractivity contribution in [1.29, 1.82) is 0 Å². The fourth-order valence-electron chi connectivity index (χ4n) is 2.66. The Morgan fingerprint density at radius 1 is 0.875 bits per heavy atom. The number of aromatic hydroxyl groups is 1. The lowest BCUT2D eigenvalue weighted by Gasteiger charge is -2.05. The zero-order valence-electron chi connectivity index (χ0n) is 18.9. The second-order valence-electron chi connectivity index (χ2n) is 7.14. The summed E-state index contributed by atoms with van der Waals surface area (Å²) in [6, 6.07) is 4.03. The number of carbonyl (C=O) groups excluding carboxylic acids is 2. The molecule has 172 valence electrons. The lowest BCUT2D eigenvalue weighted by atomic mass is 10.2. The number of allylic oxidation sites excluding steroid dienone is 10. The van der Waals surface area contributed by atoms with Crippen molar-refractivity contribution in [1.82, 2.24) is 0 Å². The molecule has 0 saturated carbocycles. The number of phenols is 1. The highest BCUT2D eigenvalue weighted by molar-refractivity contribution is 5.99. The SMILES string of the molecule is CC/C=C\C/C=C\C/C=C\C/C=C\C/C=C\CCCC(=O)OC(=O)c1cc(N)ccc1O. The van der Waals surface area contributed by atoms with Crippen LogP contribution in [-0.2, 0) is 9.53 Å². The summed E-state index contributed by atoms with van der Waals surface area (Å²) in [5, 5.41) is 9.66. The summed E-state index contributed by atoms with van der Waals surface area (Å²) in [4.78, 5) is 23.7. The fourth-order valence-corrected chi connectivity index (χ4v) is 2.66. The van der Waals surface area contributed by atoms with Gasteiger partial charge in [-0.05, 0) is 63.1 Å². The van der Waals surface area contributed by atoms with E-state index in [-0.39, 0.29) is 17.7 Å². The number of esters is 2. The van der Waals surface area contributed by atoms with Crippen molar-refractivity contribution < 1.29 is 19.4 Å². The van der Waals surface area contributed by atoms with Gasteiger partial charge >= 0.3 is 11.9 Å². The first-order valence-corrected chi connectivity index (χ1v) is 11.1. The van der Waals surface area contributed by atoms with E-state index in [2.05, 4.69) is 55.5 Å². The Balaban J connectivity index is 2.10. The Morgan fingerprint density at radius 2 is 1.41 bits per heavy atom. The zero-order chi connectivity index (χ0) is 23.4. The van der Waals surface area contributed by atoms with Crippen LogP contribution in [0.3, 0.4) is 0 Å². The number of ether oxygens (including phenoxy) is 1. The van der Waals surface area contributed by atoms with E-state index in [1.807, 2.05) is 12.2 Å². The first kappa shape index (κ1) is 26.7. The molecule has 1 rings (SSSR count). The largest absolute Gasteiger partial charge is 0.507 e. The van der Waals surface area contributed by atoms with Crippen LogP contribution < -0.4 is 5.73 Å². The van der Waals surface area contributed by atoms with Gasteiger partial charge in [0.2, 0.25) is 0 Å². The van der Waals surface area contributed by atoms with Gasteiger partial charge < -0.3 is 15.6 Å². The Morgan fingerprint density at radius 3 is 1.97 bits per heavy atom. The molecule has 0 amide bonds. The molecule has 1 aromatic carbocycles. The zero-order valence-corrected chi connectivity index (χ0v) is 18.9. The van der Waals surface area contributed by atoms with Gasteiger partial charge in [-0.1, -0.05) is 67.7 Å². The Bertz CT molecular complexity index is 847. The van der Waals surface area contributed by atoms with E-state index in [0.717, 1.165) is 38.5 Å². The van der Waals surface area contributed by atoms with Crippen molar-refractivity contribution >= 4 is 17.6 Å².